The fraction of sp³-hybridized carbons (Fsp3) is 0.0714. The minimum Gasteiger partial charge on any atom is -0.332 e. The van der Waals surface area contributed by atoms with E-state index in [1.54, 1.807) is 0 Å². The van der Waals surface area contributed by atoms with Crippen LogP contribution in [0.2, 0.25) is 5.02 Å². The van der Waals surface area contributed by atoms with Crippen LogP contribution < -0.4 is 10.6 Å². The number of benzene rings is 2. The molecule has 0 spiro atoms. The highest BCUT2D eigenvalue weighted by Crippen LogP contribution is 2.20. The van der Waals surface area contributed by atoms with Crippen LogP contribution in [-0.4, -0.2) is 5.11 Å². The summed E-state index contributed by atoms with van der Waals surface area (Å²) in [6, 6.07) is 13.5. The Labute approximate surface area is 131 Å². The molecule has 0 saturated heterocycles. The van der Waals surface area contributed by atoms with Gasteiger partial charge < -0.3 is 10.6 Å². The molecule has 2 nitrogen and oxygen atoms in total. The SMILES string of the molecule is Cc1ccc(Cl)cc1NC(=S)Nc1ccc(Br)cc1. The molecule has 0 aliphatic rings. The minimum absolute atomic E-state index is 0.535. The summed E-state index contributed by atoms with van der Waals surface area (Å²) in [6.45, 7) is 2.00. The summed E-state index contributed by atoms with van der Waals surface area (Å²) in [5.41, 5.74) is 2.92. The molecule has 2 rings (SSSR count). The lowest BCUT2D eigenvalue weighted by Crippen LogP contribution is -2.19. The Morgan fingerprint density at radius 2 is 1.79 bits per heavy atom. The van der Waals surface area contributed by atoms with Crippen molar-refractivity contribution in [2.75, 3.05) is 10.6 Å². The molecular weight excluding hydrogens is 344 g/mol. The third-order valence-electron chi connectivity index (χ3n) is 2.55. The van der Waals surface area contributed by atoms with Gasteiger partial charge in [0.05, 0.1) is 0 Å². The zero-order valence-corrected chi connectivity index (χ0v) is 13.4. The van der Waals surface area contributed by atoms with Crippen molar-refractivity contribution >= 4 is 56.2 Å². The Morgan fingerprint density at radius 1 is 1.11 bits per heavy atom. The highest BCUT2D eigenvalue weighted by atomic mass is 79.9. The van der Waals surface area contributed by atoms with Gasteiger partial charge in [-0.25, -0.2) is 0 Å². The number of thiocarbonyl (C=S) groups is 1. The Morgan fingerprint density at radius 3 is 2.47 bits per heavy atom. The summed E-state index contributed by atoms with van der Waals surface area (Å²) in [5.74, 6) is 0. The maximum absolute atomic E-state index is 5.97. The van der Waals surface area contributed by atoms with Crippen molar-refractivity contribution in [3.8, 4) is 0 Å². The van der Waals surface area contributed by atoms with Crippen molar-refractivity contribution in [1.82, 2.24) is 0 Å². The molecule has 0 unspecified atom stereocenters. The Bertz CT molecular complexity index is 599. The average molecular weight is 356 g/mol. The first-order valence-electron chi connectivity index (χ1n) is 5.64. The van der Waals surface area contributed by atoms with E-state index in [1.165, 1.54) is 0 Å². The molecule has 0 saturated carbocycles. The van der Waals surface area contributed by atoms with Gasteiger partial charge in [0, 0.05) is 20.9 Å². The summed E-state index contributed by atoms with van der Waals surface area (Å²) < 4.78 is 1.03. The van der Waals surface area contributed by atoms with Gasteiger partial charge in [-0.2, -0.15) is 0 Å². The summed E-state index contributed by atoms with van der Waals surface area (Å²) in [4.78, 5) is 0. The maximum Gasteiger partial charge on any atom is 0.175 e. The number of hydrogen-bond acceptors (Lipinski definition) is 1. The third kappa shape index (κ3) is 4.20. The first-order chi connectivity index (χ1) is 9.04. The van der Waals surface area contributed by atoms with Crippen molar-refractivity contribution in [2.45, 2.75) is 6.92 Å². The molecule has 19 heavy (non-hydrogen) atoms. The second-order valence-electron chi connectivity index (χ2n) is 4.05. The molecule has 0 fully saturated rings. The molecule has 2 N–H and O–H groups in total. The largest absolute Gasteiger partial charge is 0.332 e. The first-order valence-corrected chi connectivity index (χ1v) is 7.22. The molecule has 0 atom stereocenters. The average Bonchev–Trinajstić information content (AvgIpc) is 2.37. The van der Waals surface area contributed by atoms with Gasteiger partial charge in [0.2, 0.25) is 0 Å². The molecule has 2 aromatic rings. The van der Waals surface area contributed by atoms with Crippen molar-refractivity contribution in [3.05, 3.63) is 57.5 Å². The molecule has 0 amide bonds. The van der Waals surface area contributed by atoms with Gasteiger partial charge in [0.25, 0.3) is 0 Å². The Kier molecular flexibility index (Phi) is 4.80. The summed E-state index contributed by atoms with van der Waals surface area (Å²) in [7, 11) is 0. The molecule has 2 aromatic carbocycles. The van der Waals surface area contributed by atoms with Gasteiger partial charge >= 0.3 is 0 Å². The molecule has 0 aromatic heterocycles. The van der Waals surface area contributed by atoms with Gasteiger partial charge in [-0.15, -0.1) is 0 Å². The van der Waals surface area contributed by atoms with E-state index in [9.17, 15) is 0 Å². The third-order valence-corrected chi connectivity index (χ3v) is 3.52. The lowest BCUT2D eigenvalue weighted by Gasteiger charge is -2.12. The quantitative estimate of drug-likeness (QED) is 0.722. The van der Waals surface area contributed by atoms with Gasteiger partial charge in [-0.05, 0) is 61.1 Å². The number of halogens is 2. The van der Waals surface area contributed by atoms with Gasteiger partial charge in [-0.3, -0.25) is 0 Å². The van der Waals surface area contributed by atoms with E-state index in [0.717, 1.165) is 21.4 Å². The standard InChI is InChI=1S/C14H12BrClN2S/c1-9-2-5-11(16)8-13(9)18-14(19)17-12-6-3-10(15)4-7-12/h2-8H,1H3,(H2,17,18,19). The number of rotatable bonds is 2. The molecule has 0 heterocycles. The molecule has 0 radical (unpaired) electrons. The fourth-order valence-electron chi connectivity index (χ4n) is 1.55. The van der Waals surface area contributed by atoms with Crippen molar-refractivity contribution in [2.24, 2.45) is 0 Å². The Balaban J connectivity index is 2.05. The van der Waals surface area contributed by atoms with E-state index in [0.29, 0.717) is 10.1 Å². The summed E-state index contributed by atoms with van der Waals surface area (Å²) >= 11 is 14.6. The predicted octanol–water partition coefficient (Wildman–Crippen LogP) is 5.22. The number of anilines is 2. The second-order valence-corrected chi connectivity index (χ2v) is 5.81. The number of aryl methyl sites for hydroxylation is 1. The molecular formula is C14H12BrClN2S. The van der Waals surface area contributed by atoms with Crippen molar-refractivity contribution < 1.29 is 0 Å². The van der Waals surface area contributed by atoms with E-state index in [-0.39, 0.29) is 0 Å². The molecule has 5 heteroatoms. The molecule has 0 aliphatic heterocycles. The fourth-order valence-corrected chi connectivity index (χ4v) is 2.21. The van der Waals surface area contributed by atoms with Gasteiger partial charge in [-0.1, -0.05) is 33.6 Å². The highest BCUT2D eigenvalue weighted by Gasteiger charge is 2.02. The highest BCUT2D eigenvalue weighted by molar-refractivity contribution is 9.10. The normalized spacial score (nSPS) is 10.1. The van der Waals surface area contributed by atoms with Crippen LogP contribution in [-0.2, 0) is 0 Å². The van der Waals surface area contributed by atoms with E-state index < -0.39 is 0 Å². The topological polar surface area (TPSA) is 24.1 Å². The minimum atomic E-state index is 0.535. The number of hydrogen-bond donors (Lipinski definition) is 2. The number of nitrogens with one attached hydrogen (secondary N) is 2. The van der Waals surface area contributed by atoms with Crippen LogP contribution in [0.3, 0.4) is 0 Å². The van der Waals surface area contributed by atoms with Crippen molar-refractivity contribution in [1.29, 1.82) is 0 Å². The van der Waals surface area contributed by atoms with Crippen LogP contribution in [0.15, 0.2) is 46.9 Å². The van der Waals surface area contributed by atoms with Crippen LogP contribution in [0, 0.1) is 6.92 Å². The van der Waals surface area contributed by atoms with Crippen LogP contribution in [0.5, 0.6) is 0 Å². The zero-order valence-electron chi connectivity index (χ0n) is 10.2. The van der Waals surface area contributed by atoms with Gasteiger partial charge in [0.1, 0.15) is 0 Å². The van der Waals surface area contributed by atoms with Crippen molar-refractivity contribution in [3.63, 3.8) is 0 Å². The van der Waals surface area contributed by atoms with E-state index >= 15 is 0 Å². The maximum atomic E-state index is 5.97. The van der Waals surface area contributed by atoms with Crippen LogP contribution in [0.4, 0.5) is 11.4 Å². The van der Waals surface area contributed by atoms with E-state index in [1.807, 2.05) is 49.4 Å². The smallest absolute Gasteiger partial charge is 0.175 e. The van der Waals surface area contributed by atoms with E-state index in [4.69, 9.17) is 23.8 Å². The zero-order chi connectivity index (χ0) is 13.8. The van der Waals surface area contributed by atoms with Crippen LogP contribution in [0.25, 0.3) is 0 Å². The summed E-state index contributed by atoms with van der Waals surface area (Å²) in [6.07, 6.45) is 0. The predicted molar refractivity (Wildman–Crippen MR) is 90.2 cm³/mol. The van der Waals surface area contributed by atoms with E-state index in [2.05, 4.69) is 26.6 Å². The molecule has 0 bridgehead atoms. The monoisotopic (exact) mass is 354 g/mol. The van der Waals surface area contributed by atoms with Gasteiger partial charge in [0.15, 0.2) is 5.11 Å². The van der Waals surface area contributed by atoms with Crippen LogP contribution in [0.1, 0.15) is 5.56 Å². The summed E-state index contributed by atoms with van der Waals surface area (Å²) in [5, 5.41) is 7.47. The Hall–Kier alpha value is -1.10. The molecule has 0 aliphatic carbocycles. The molecule has 98 valence electrons. The first kappa shape index (κ1) is 14.3. The van der Waals surface area contributed by atoms with Crippen LogP contribution >= 0.6 is 39.7 Å². The second kappa shape index (κ2) is 6.37. The lowest BCUT2D eigenvalue weighted by atomic mass is 10.2. The lowest BCUT2D eigenvalue weighted by molar-refractivity contribution is 1.45.